The summed E-state index contributed by atoms with van der Waals surface area (Å²) < 4.78 is 0. The maximum Gasteiger partial charge on any atom is 0.184 e. The van der Waals surface area contributed by atoms with Gasteiger partial charge < -0.3 is 5.11 Å². The first kappa shape index (κ1) is 31.8. The smallest absolute Gasteiger partial charge is 0.184 e. The summed E-state index contributed by atoms with van der Waals surface area (Å²) in [5.41, 5.74) is -4.92. The van der Waals surface area contributed by atoms with Gasteiger partial charge in [-0.1, -0.05) is 81.3 Å². The molecule has 0 aromatic heterocycles. The number of carbonyl (C=O) groups is 4. The number of rotatable bonds is 8. The molecule has 5 nitrogen and oxygen atoms in total. The number of hydrogen-bond acceptors (Lipinski definition) is 5. The minimum atomic E-state index is -1.96. The molecule has 0 radical (unpaired) electrons. The van der Waals surface area contributed by atoms with Crippen LogP contribution in [0.2, 0.25) is 0 Å². The molecule has 4 bridgehead atoms. The van der Waals surface area contributed by atoms with Crippen molar-refractivity contribution in [1.82, 2.24) is 0 Å². The second-order valence-corrected chi connectivity index (χ2v) is 16.2. The van der Waals surface area contributed by atoms with Gasteiger partial charge in [0, 0.05) is 5.56 Å². The standard InChI is InChI=1S/C38H50O5/c1-23(2)14-13-15-24(3)18-19-36-21-26-20-27-33(4,5)28(35(8,9)43)22-37(27,30(36)40)32(42)38(31(36)41,34(26,6)7)29(39)25-16-11-10-12-17-25/h10-12,14,16-18,26-28,43H,13,15,19-22H2,1-9H3/t26-,27-,28+,36-,37+,38-/m1/s1. The summed E-state index contributed by atoms with van der Waals surface area (Å²) in [6, 6.07) is 8.69. The summed E-state index contributed by atoms with van der Waals surface area (Å²) in [7, 11) is 0. The van der Waals surface area contributed by atoms with E-state index in [0.717, 1.165) is 18.4 Å². The van der Waals surface area contributed by atoms with Gasteiger partial charge in [-0.2, -0.15) is 0 Å². The van der Waals surface area contributed by atoms with Crippen molar-refractivity contribution in [3.8, 4) is 0 Å². The van der Waals surface area contributed by atoms with E-state index in [1.807, 2.05) is 32.9 Å². The molecule has 0 aliphatic heterocycles. The van der Waals surface area contributed by atoms with Gasteiger partial charge in [0.05, 0.1) is 16.4 Å². The Morgan fingerprint density at radius 3 is 2.14 bits per heavy atom. The Hall–Kier alpha value is -2.66. The molecule has 1 spiro atoms. The molecule has 1 aromatic rings. The lowest BCUT2D eigenvalue weighted by molar-refractivity contribution is -0.181. The molecule has 5 saturated carbocycles. The molecule has 43 heavy (non-hydrogen) atoms. The Labute approximate surface area is 257 Å². The van der Waals surface area contributed by atoms with Crippen molar-refractivity contribution in [3.63, 3.8) is 0 Å². The van der Waals surface area contributed by atoms with Crippen LogP contribution in [0.15, 0.2) is 53.6 Å². The summed E-state index contributed by atoms with van der Waals surface area (Å²) in [6.07, 6.45) is 7.19. The number of benzene rings is 1. The van der Waals surface area contributed by atoms with Gasteiger partial charge >= 0.3 is 0 Å². The lowest BCUT2D eigenvalue weighted by atomic mass is 9.37. The van der Waals surface area contributed by atoms with E-state index in [0.29, 0.717) is 18.4 Å². The van der Waals surface area contributed by atoms with Gasteiger partial charge in [0.1, 0.15) is 0 Å². The third kappa shape index (κ3) is 4.05. The first-order valence-corrected chi connectivity index (χ1v) is 16.1. The van der Waals surface area contributed by atoms with E-state index < -0.39 is 50.0 Å². The Kier molecular flexibility index (Phi) is 7.33. The number of hydrogen-bond donors (Lipinski definition) is 1. The molecule has 5 aliphatic rings. The minimum absolute atomic E-state index is 0.163. The highest BCUT2D eigenvalue weighted by Crippen LogP contribution is 2.77. The fourth-order valence-corrected chi connectivity index (χ4v) is 10.2. The molecule has 0 unspecified atom stereocenters. The SMILES string of the molecule is CC(C)=CCCC(C)=CC[C@@]12C[C@H]3C[C@@H]4C(C)(C)[C@@H](C(C)(C)O)C[C@]4(C1=O)C(=O)[C@@](C(=O)c1ccccc1)(C2=O)C3(C)C. The molecule has 0 saturated heterocycles. The molecule has 6 atom stereocenters. The molecule has 1 N–H and O–H groups in total. The van der Waals surface area contributed by atoms with Gasteiger partial charge in [0.2, 0.25) is 0 Å². The van der Waals surface area contributed by atoms with E-state index in [2.05, 4.69) is 33.8 Å². The molecule has 0 heterocycles. The largest absolute Gasteiger partial charge is 0.390 e. The van der Waals surface area contributed by atoms with Crippen molar-refractivity contribution < 1.29 is 24.3 Å². The van der Waals surface area contributed by atoms with E-state index in [9.17, 15) is 9.90 Å². The summed E-state index contributed by atoms with van der Waals surface area (Å²) >= 11 is 0. The Morgan fingerprint density at radius 2 is 1.56 bits per heavy atom. The highest BCUT2D eigenvalue weighted by molar-refractivity contribution is 6.42. The summed E-state index contributed by atoms with van der Waals surface area (Å²) in [5, 5.41) is 11.4. The number of carbonyl (C=O) groups excluding carboxylic acids is 4. The molecular formula is C38H50O5. The maximum atomic E-state index is 15.5. The molecule has 0 amide bonds. The van der Waals surface area contributed by atoms with Crippen LogP contribution in [-0.2, 0) is 14.4 Å². The number of aliphatic hydroxyl groups is 1. The molecule has 6 rings (SSSR count). The summed E-state index contributed by atoms with van der Waals surface area (Å²) in [6.45, 7) is 17.7. The fourth-order valence-electron chi connectivity index (χ4n) is 10.2. The van der Waals surface area contributed by atoms with Crippen LogP contribution in [0, 0.1) is 44.8 Å². The van der Waals surface area contributed by atoms with Crippen LogP contribution in [-0.4, -0.2) is 33.8 Å². The molecule has 5 fully saturated rings. The van der Waals surface area contributed by atoms with Crippen LogP contribution in [0.3, 0.4) is 0 Å². The average Bonchev–Trinajstić information content (AvgIpc) is 3.07. The molecule has 1 aromatic carbocycles. The third-order valence-electron chi connectivity index (χ3n) is 12.5. The lowest BCUT2D eigenvalue weighted by Crippen LogP contribution is -2.75. The predicted molar refractivity (Wildman–Crippen MR) is 168 cm³/mol. The van der Waals surface area contributed by atoms with Crippen molar-refractivity contribution >= 4 is 23.1 Å². The van der Waals surface area contributed by atoms with E-state index in [4.69, 9.17) is 0 Å². The Bertz CT molecular complexity index is 1430. The molecule has 5 heteroatoms. The van der Waals surface area contributed by atoms with Crippen molar-refractivity contribution in [3.05, 3.63) is 59.2 Å². The zero-order valence-electron chi connectivity index (χ0n) is 27.6. The quantitative estimate of drug-likeness (QED) is 0.193. The monoisotopic (exact) mass is 586 g/mol. The van der Waals surface area contributed by atoms with Crippen LogP contribution >= 0.6 is 0 Å². The summed E-state index contributed by atoms with van der Waals surface area (Å²) in [4.78, 5) is 60.8. The average molecular weight is 587 g/mol. The van der Waals surface area contributed by atoms with Gasteiger partial charge in [-0.3, -0.25) is 19.2 Å². The van der Waals surface area contributed by atoms with Crippen LogP contribution in [0.1, 0.15) is 111 Å². The molecule has 5 aliphatic carbocycles. The van der Waals surface area contributed by atoms with Crippen LogP contribution in [0.25, 0.3) is 0 Å². The van der Waals surface area contributed by atoms with Crippen LogP contribution in [0.5, 0.6) is 0 Å². The van der Waals surface area contributed by atoms with Crippen molar-refractivity contribution in [2.75, 3.05) is 0 Å². The minimum Gasteiger partial charge on any atom is -0.390 e. The summed E-state index contributed by atoms with van der Waals surface area (Å²) in [5.74, 6) is -2.67. The van der Waals surface area contributed by atoms with Crippen LogP contribution < -0.4 is 0 Å². The molecular weight excluding hydrogens is 536 g/mol. The first-order valence-electron chi connectivity index (χ1n) is 16.1. The topological polar surface area (TPSA) is 88.5 Å². The highest BCUT2D eigenvalue weighted by atomic mass is 16.3. The normalized spacial score (nSPS) is 36.0. The number of ketones is 4. The number of Topliss-reactive ketones (excluding diaryl/α,β-unsaturated/α-hetero) is 4. The van der Waals surface area contributed by atoms with Crippen molar-refractivity contribution in [2.45, 2.75) is 106 Å². The number of allylic oxidation sites excluding steroid dienone is 4. The van der Waals surface area contributed by atoms with Gasteiger partial charge in [-0.25, -0.2) is 0 Å². The van der Waals surface area contributed by atoms with Gasteiger partial charge in [-0.05, 0) is 102 Å². The van der Waals surface area contributed by atoms with Gasteiger partial charge in [-0.15, -0.1) is 0 Å². The van der Waals surface area contributed by atoms with E-state index in [1.54, 1.807) is 38.1 Å². The first-order chi connectivity index (χ1) is 19.8. The fraction of sp³-hybridized carbons (Fsp3) is 0.632. The zero-order chi connectivity index (χ0) is 32.0. The van der Waals surface area contributed by atoms with Crippen molar-refractivity contribution in [1.29, 1.82) is 0 Å². The van der Waals surface area contributed by atoms with E-state index in [-0.39, 0.29) is 36.4 Å². The van der Waals surface area contributed by atoms with E-state index >= 15 is 14.4 Å². The predicted octanol–water partition coefficient (Wildman–Crippen LogP) is 7.52. The second-order valence-electron chi connectivity index (χ2n) is 16.2. The van der Waals surface area contributed by atoms with Gasteiger partial charge in [0.25, 0.3) is 0 Å². The lowest BCUT2D eigenvalue weighted by Gasteiger charge is -2.60. The molecule has 232 valence electrons. The van der Waals surface area contributed by atoms with E-state index in [1.165, 1.54) is 5.57 Å². The van der Waals surface area contributed by atoms with Crippen molar-refractivity contribution in [2.24, 2.45) is 44.8 Å². The Morgan fingerprint density at radius 1 is 0.930 bits per heavy atom. The highest BCUT2D eigenvalue weighted by Gasteiger charge is 2.86. The Balaban J connectivity index is 1.78. The zero-order valence-corrected chi connectivity index (χ0v) is 27.6. The maximum absolute atomic E-state index is 15.5. The van der Waals surface area contributed by atoms with Crippen LogP contribution in [0.4, 0.5) is 0 Å². The second kappa shape index (κ2) is 9.92. The third-order valence-corrected chi connectivity index (χ3v) is 12.5. The van der Waals surface area contributed by atoms with Gasteiger partial charge in [0.15, 0.2) is 28.5 Å².